The summed E-state index contributed by atoms with van der Waals surface area (Å²) in [5, 5.41) is 2.28. The lowest BCUT2D eigenvalue weighted by atomic mass is 10.0. The summed E-state index contributed by atoms with van der Waals surface area (Å²) < 4.78 is 5.87. The molecule has 2 aromatic carbocycles. The Labute approximate surface area is 132 Å². The van der Waals surface area contributed by atoms with Crippen molar-refractivity contribution in [3.8, 4) is 0 Å². The molecule has 0 fully saturated rings. The fourth-order valence-electron chi connectivity index (χ4n) is 2.45. The minimum Gasteiger partial charge on any atom is -0.459 e. The van der Waals surface area contributed by atoms with E-state index < -0.39 is 0 Å². The number of furan rings is 1. The van der Waals surface area contributed by atoms with Gasteiger partial charge in [0.05, 0.1) is 0 Å². The Morgan fingerprint density at radius 3 is 2.57 bits per heavy atom. The second-order valence-corrected chi connectivity index (χ2v) is 5.87. The molecule has 0 bridgehead atoms. The van der Waals surface area contributed by atoms with Crippen LogP contribution in [0.25, 0.3) is 11.0 Å². The number of nitrogens with two attached hydrogens (primary N) is 1. The molecule has 1 unspecified atom stereocenters. The summed E-state index contributed by atoms with van der Waals surface area (Å²) >= 11 is 12.1. The minimum atomic E-state index is -0.270. The van der Waals surface area contributed by atoms with Crippen LogP contribution in [0.3, 0.4) is 0 Å². The van der Waals surface area contributed by atoms with E-state index in [1.807, 2.05) is 43.3 Å². The van der Waals surface area contributed by atoms with Crippen LogP contribution in [0.4, 0.5) is 0 Å². The molecule has 3 nitrogen and oxygen atoms in total. The van der Waals surface area contributed by atoms with Crippen LogP contribution in [-0.4, -0.2) is 0 Å². The zero-order chi connectivity index (χ0) is 15.0. The Bertz CT molecular complexity index is 778. The van der Waals surface area contributed by atoms with Gasteiger partial charge in [-0.05, 0) is 54.4 Å². The van der Waals surface area contributed by atoms with Crippen molar-refractivity contribution in [3.63, 3.8) is 0 Å². The predicted octanol–water partition coefficient (Wildman–Crippen LogP) is 4.60. The van der Waals surface area contributed by atoms with Crippen LogP contribution in [0, 0.1) is 6.92 Å². The average Bonchev–Trinajstić information content (AvgIpc) is 2.81. The average molecular weight is 321 g/mol. The van der Waals surface area contributed by atoms with Gasteiger partial charge in [-0.1, -0.05) is 29.3 Å². The van der Waals surface area contributed by atoms with Crippen LogP contribution in [-0.2, 0) is 0 Å². The number of hydrazine groups is 1. The van der Waals surface area contributed by atoms with Gasteiger partial charge in [-0.3, -0.25) is 5.84 Å². The standard InChI is InChI=1S/C16H14Cl2N2O/c1-9-4-11(7-13(18)5-9)16(20-19)15-8-10-6-12(17)2-3-14(10)21-15/h2-8,16,20H,19H2,1H3. The SMILES string of the molecule is Cc1cc(Cl)cc(C(NN)c2cc3cc(Cl)ccc3o2)c1. The number of halogens is 2. The van der Waals surface area contributed by atoms with Crippen molar-refractivity contribution in [2.24, 2.45) is 5.84 Å². The molecular formula is C16H14Cl2N2O. The summed E-state index contributed by atoms with van der Waals surface area (Å²) in [6.07, 6.45) is 0. The highest BCUT2D eigenvalue weighted by atomic mass is 35.5. The Morgan fingerprint density at radius 2 is 1.86 bits per heavy atom. The molecule has 21 heavy (non-hydrogen) atoms. The summed E-state index contributed by atoms with van der Waals surface area (Å²) in [5.74, 6) is 6.43. The lowest BCUT2D eigenvalue weighted by molar-refractivity contribution is 0.477. The van der Waals surface area contributed by atoms with E-state index in [1.54, 1.807) is 6.07 Å². The molecular weight excluding hydrogens is 307 g/mol. The molecule has 0 saturated carbocycles. The molecule has 3 N–H and O–H groups in total. The number of rotatable bonds is 3. The summed E-state index contributed by atoms with van der Waals surface area (Å²) in [4.78, 5) is 0. The zero-order valence-corrected chi connectivity index (χ0v) is 12.9. The number of aryl methyl sites for hydroxylation is 1. The first-order valence-corrected chi connectivity index (χ1v) is 7.24. The van der Waals surface area contributed by atoms with Crippen LogP contribution >= 0.6 is 23.2 Å². The van der Waals surface area contributed by atoms with E-state index in [2.05, 4.69) is 5.43 Å². The third-order valence-corrected chi connectivity index (χ3v) is 3.80. The number of nitrogens with one attached hydrogen (secondary N) is 1. The highest BCUT2D eigenvalue weighted by Gasteiger charge is 2.18. The van der Waals surface area contributed by atoms with Crippen molar-refractivity contribution in [3.05, 3.63) is 69.4 Å². The monoisotopic (exact) mass is 320 g/mol. The summed E-state index contributed by atoms with van der Waals surface area (Å²) in [6.45, 7) is 1.99. The Hall–Kier alpha value is -1.52. The maximum atomic E-state index is 6.12. The third-order valence-electron chi connectivity index (χ3n) is 3.35. The smallest absolute Gasteiger partial charge is 0.134 e. The molecule has 0 aliphatic heterocycles. The molecule has 3 aromatic rings. The molecule has 1 aromatic heterocycles. The molecule has 0 aliphatic rings. The van der Waals surface area contributed by atoms with E-state index in [9.17, 15) is 0 Å². The van der Waals surface area contributed by atoms with Crippen molar-refractivity contribution in [1.82, 2.24) is 5.43 Å². The first-order chi connectivity index (χ1) is 10.1. The zero-order valence-electron chi connectivity index (χ0n) is 11.4. The Balaban J connectivity index is 2.08. The van der Waals surface area contributed by atoms with Gasteiger partial charge < -0.3 is 4.42 Å². The van der Waals surface area contributed by atoms with Crippen molar-refractivity contribution >= 4 is 34.2 Å². The predicted molar refractivity (Wildman–Crippen MR) is 86.6 cm³/mol. The largest absolute Gasteiger partial charge is 0.459 e. The highest BCUT2D eigenvalue weighted by molar-refractivity contribution is 6.31. The fraction of sp³-hybridized carbons (Fsp3) is 0.125. The van der Waals surface area contributed by atoms with Crippen LogP contribution in [0.15, 0.2) is 46.9 Å². The molecule has 0 aliphatic carbocycles. The molecule has 0 spiro atoms. The molecule has 0 radical (unpaired) electrons. The Morgan fingerprint density at radius 1 is 1.05 bits per heavy atom. The van der Waals surface area contributed by atoms with E-state index in [1.165, 1.54) is 0 Å². The van der Waals surface area contributed by atoms with Gasteiger partial charge in [-0.15, -0.1) is 0 Å². The number of benzene rings is 2. The van der Waals surface area contributed by atoms with Gasteiger partial charge in [0.25, 0.3) is 0 Å². The first kappa shape index (κ1) is 14.4. The van der Waals surface area contributed by atoms with Crippen LogP contribution in [0.5, 0.6) is 0 Å². The summed E-state index contributed by atoms with van der Waals surface area (Å²) in [5.41, 5.74) is 5.57. The van der Waals surface area contributed by atoms with Gasteiger partial charge in [0.15, 0.2) is 0 Å². The van der Waals surface area contributed by atoms with E-state index in [4.69, 9.17) is 33.5 Å². The van der Waals surface area contributed by atoms with Gasteiger partial charge in [0, 0.05) is 15.4 Å². The molecule has 3 rings (SSSR count). The fourth-order valence-corrected chi connectivity index (χ4v) is 2.93. The van der Waals surface area contributed by atoms with Crippen molar-refractivity contribution in [2.45, 2.75) is 13.0 Å². The minimum absolute atomic E-state index is 0.270. The maximum absolute atomic E-state index is 6.12. The summed E-state index contributed by atoms with van der Waals surface area (Å²) in [7, 11) is 0. The van der Waals surface area contributed by atoms with Gasteiger partial charge in [-0.25, -0.2) is 5.43 Å². The van der Waals surface area contributed by atoms with Crippen molar-refractivity contribution < 1.29 is 4.42 Å². The van der Waals surface area contributed by atoms with Gasteiger partial charge in [-0.2, -0.15) is 0 Å². The second kappa shape index (κ2) is 5.70. The number of fused-ring (bicyclic) bond motifs is 1. The molecule has 0 amide bonds. The molecule has 5 heteroatoms. The highest BCUT2D eigenvalue weighted by Crippen LogP contribution is 2.30. The van der Waals surface area contributed by atoms with Crippen LogP contribution in [0.2, 0.25) is 10.0 Å². The topological polar surface area (TPSA) is 51.2 Å². The van der Waals surface area contributed by atoms with Gasteiger partial charge in [0.2, 0.25) is 0 Å². The Kier molecular flexibility index (Phi) is 3.91. The number of hydrogen-bond donors (Lipinski definition) is 2. The first-order valence-electron chi connectivity index (χ1n) is 6.49. The van der Waals surface area contributed by atoms with Crippen LogP contribution in [0.1, 0.15) is 22.9 Å². The quantitative estimate of drug-likeness (QED) is 0.547. The molecule has 1 atom stereocenters. The third kappa shape index (κ3) is 2.92. The lowest BCUT2D eigenvalue weighted by Gasteiger charge is -2.14. The lowest BCUT2D eigenvalue weighted by Crippen LogP contribution is -2.28. The van der Waals surface area contributed by atoms with Gasteiger partial charge >= 0.3 is 0 Å². The van der Waals surface area contributed by atoms with E-state index in [-0.39, 0.29) is 6.04 Å². The van der Waals surface area contributed by atoms with E-state index in [0.717, 1.165) is 27.9 Å². The van der Waals surface area contributed by atoms with E-state index >= 15 is 0 Å². The van der Waals surface area contributed by atoms with Crippen LogP contribution < -0.4 is 11.3 Å². The molecule has 108 valence electrons. The van der Waals surface area contributed by atoms with E-state index in [0.29, 0.717) is 10.0 Å². The van der Waals surface area contributed by atoms with Gasteiger partial charge in [0.1, 0.15) is 17.4 Å². The maximum Gasteiger partial charge on any atom is 0.134 e. The molecule has 1 heterocycles. The second-order valence-electron chi connectivity index (χ2n) is 4.99. The molecule has 0 saturated heterocycles. The van der Waals surface area contributed by atoms with Crippen molar-refractivity contribution in [1.29, 1.82) is 0 Å². The summed E-state index contributed by atoms with van der Waals surface area (Å²) in [6, 6.07) is 13.0. The normalized spacial score (nSPS) is 12.8. The number of hydrogen-bond acceptors (Lipinski definition) is 3. The van der Waals surface area contributed by atoms with Crippen molar-refractivity contribution in [2.75, 3.05) is 0 Å².